The standard InChI is InChI=1S/C22H23F3N4O/c1-28(20-9-5-8-19-27-18(14-29(19)20)22(23,24)25)17-12-10-16(11-13-17)26-21(30)15-6-3-2-4-7-15/h2-9,14,16-17H,10-13H2,1H3,(H,26,30)/t16-,17+. The van der Waals surface area contributed by atoms with Gasteiger partial charge in [0.05, 0.1) is 0 Å². The van der Waals surface area contributed by atoms with Gasteiger partial charge in [0.2, 0.25) is 0 Å². The van der Waals surface area contributed by atoms with E-state index in [2.05, 4.69) is 10.3 Å². The number of imidazole rings is 1. The molecular weight excluding hydrogens is 393 g/mol. The van der Waals surface area contributed by atoms with E-state index in [0.29, 0.717) is 11.4 Å². The van der Waals surface area contributed by atoms with E-state index >= 15 is 0 Å². The Bertz CT molecular complexity index is 1020. The average Bonchev–Trinajstić information content (AvgIpc) is 3.19. The van der Waals surface area contributed by atoms with E-state index in [1.54, 1.807) is 30.3 Å². The summed E-state index contributed by atoms with van der Waals surface area (Å²) in [4.78, 5) is 18.1. The molecule has 3 aromatic rings. The molecule has 1 fully saturated rings. The first-order valence-electron chi connectivity index (χ1n) is 9.97. The summed E-state index contributed by atoms with van der Waals surface area (Å²) in [6, 6.07) is 14.5. The summed E-state index contributed by atoms with van der Waals surface area (Å²) >= 11 is 0. The molecule has 1 N–H and O–H groups in total. The number of anilines is 1. The van der Waals surface area contributed by atoms with E-state index in [1.165, 1.54) is 4.40 Å². The van der Waals surface area contributed by atoms with Crippen LogP contribution in [0.25, 0.3) is 5.65 Å². The number of aromatic nitrogens is 2. The van der Waals surface area contributed by atoms with Crippen LogP contribution >= 0.6 is 0 Å². The van der Waals surface area contributed by atoms with Crippen LogP contribution in [0.3, 0.4) is 0 Å². The van der Waals surface area contributed by atoms with Crippen LogP contribution in [0, 0.1) is 0 Å². The summed E-state index contributed by atoms with van der Waals surface area (Å²) in [6.07, 6.45) is -0.104. The maximum atomic E-state index is 13.1. The van der Waals surface area contributed by atoms with Gasteiger partial charge in [-0.2, -0.15) is 13.2 Å². The number of amides is 1. The second-order valence-electron chi connectivity index (χ2n) is 7.69. The predicted molar refractivity (Wildman–Crippen MR) is 109 cm³/mol. The van der Waals surface area contributed by atoms with Gasteiger partial charge in [0.15, 0.2) is 5.69 Å². The molecule has 1 aromatic carbocycles. The van der Waals surface area contributed by atoms with Crippen LogP contribution in [0.1, 0.15) is 41.7 Å². The van der Waals surface area contributed by atoms with E-state index in [0.717, 1.165) is 31.9 Å². The smallest absolute Gasteiger partial charge is 0.358 e. The van der Waals surface area contributed by atoms with Gasteiger partial charge < -0.3 is 10.2 Å². The Morgan fingerprint density at radius 1 is 1.07 bits per heavy atom. The number of nitrogens with zero attached hydrogens (tertiary/aromatic N) is 3. The van der Waals surface area contributed by atoms with Gasteiger partial charge in [0, 0.05) is 30.9 Å². The number of alkyl halides is 3. The van der Waals surface area contributed by atoms with Crippen molar-refractivity contribution in [2.45, 2.75) is 43.9 Å². The molecule has 1 aliphatic carbocycles. The molecule has 30 heavy (non-hydrogen) atoms. The Kier molecular flexibility index (Phi) is 5.40. The highest BCUT2D eigenvalue weighted by molar-refractivity contribution is 5.94. The maximum Gasteiger partial charge on any atom is 0.434 e. The summed E-state index contributed by atoms with van der Waals surface area (Å²) in [5.41, 5.74) is 0.0233. The van der Waals surface area contributed by atoms with Crippen LogP contribution in [-0.2, 0) is 6.18 Å². The van der Waals surface area contributed by atoms with Gasteiger partial charge in [0.25, 0.3) is 5.91 Å². The highest BCUT2D eigenvalue weighted by atomic mass is 19.4. The minimum atomic E-state index is -4.48. The zero-order chi connectivity index (χ0) is 21.3. The largest absolute Gasteiger partial charge is 0.434 e. The quantitative estimate of drug-likeness (QED) is 0.680. The van der Waals surface area contributed by atoms with Gasteiger partial charge in [-0.15, -0.1) is 0 Å². The Balaban J connectivity index is 1.43. The van der Waals surface area contributed by atoms with Crippen molar-refractivity contribution < 1.29 is 18.0 Å². The fraction of sp³-hybridized carbons (Fsp3) is 0.364. The monoisotopic (exact) mass is 416 g/mol. The third-order valence-electron chi connectivity index (χ3n) is 5.74. The molecule has 5 nitrogen and oxygen atoms in total. The molecule has 0 unspecified atom stereocenters. The zero-order valence-electron chi connectivity index (χ0n) is 16.6. The first-order valence-corrected chi connectivity index (χ1v) is 9.97. The maximum absolute atomic E-state index is 13.1. The molecule has 0 bridgehead atoms. The number of benzene rings is 1. The highest BCUT2D eigenvalue weighted by Gasteiger charge is 2.34. The molecule has 1 aliphatic rings. The molecule has 1 amide bonds. The van der Waals surface area contributed by atoms with Crippen molar-refractivity contribution in [3.05, 3.63) is 66.0 Å². The van der Waals surface area contributed by atoms with Crippen molar-refractivity contribution in [3.8, 4) is 0 Å². The van der Waals surface area contributed by atoms with Gasteiger partial charge in [0.1, 0.15) is 11.5 Å². The normalized spacial score (nSPS) is 19.6. The molecule has 4 rings (SSSR count). The molecule has 2 aromatic heterocycles. The fourth-order valence-electron chi connectivity index (χ4n) is 4.07. The molecular formula is C22H23F3N4O. The number of hydrogen-bond donors (Lipinski definition) is 1. The Morgan fingerprint density at radius 2 is 1.77 bits per heavy atom. The number of hydrogen-bond acceptors (Lipinski definition) is 3. The van der Waals surface area contributed by atoms with Crippen LogP contribution < -0.4 is 10.2 Å². The molecule has 8 heteroatoms. The topological polar surface area (TPSA) is 49.6 Å². The van der Waals surface area contributed by atoms with Gasteiger partial charge in [-0.25, -0.2) is 4.98 Å². The van der Waals surface area contributed by atoms with Crippen LogP contribution in [0.15, 0.2) is 54.7 Å². The lowest BCUT2D eigenvalue weighted by atomic mass is 9.90. The fourth-order valence-corrected chi connectivity index (χ4v) is 4.07. The van der Waals surface area contributed by atoms with Crippen LogP contribution in [0.4, 0.5) is 19.0 Å². The van der Waals surface area contributed by atoms with Crippen molar-refractivity contribution in [1.82, 2.24) is 14.7 Å². The Hall–Kier alpha value is -3.03. The van der Waals surface area contributed by atoms with Crippen LogP contribution in [0.5, 0.6) is 0 Å². The number of nitrogens with one attached hydrogen (secondary N) is 1. The number of pyridine rings is 1. The van der Waals surface area contributed by atoms with Crippen molar-refractivity contribution in [1.29, 1.82) is 0 Å². The molecule has 0 spiro atoms. The lowest BCUT2D eigenvalue weighted by Crippen LogP contribution is -2.43. The molecule has 0 radical (unpaired) electrons. The molecule has 2 heterocycles. The van der Waals surface area contributed by atoms with Crippen molar-refractivity contribution in [2.75, 3.05) is 11.9 Å². The third kappa shape index (κ3) is 4.13. The summed E-state index contributed by atoms with van der Waals surface area (Å²) in [5.74, 6) is 0.600. The van der Waals surface area contributed by atoms with Gasteiger partial charge in [-0.05, 0) is 49.9 Å². The molecule has 0 saturated heterocycles. The summed E-state index contributed by atoms with van der Waals surface area (Å²) in [7, 11) is 1.90. The van der Waals surface area contributed by atoms with Crippen molar-refractivity contribution >= 4 is 17.4 Å². The Morgan fingerprint density at radius 3 is 2.43 bits per heavy atom. The minimum absolute atomic E-state index is 0.0738. The van der Waals surface area contributed by atoms with E-state index in [1.807, 2.05) is 30.1 Å². The first kappa shape index (κ1) is 20.3. The number of carbonyl (C=O) groups is 1. The van der Waals surface area contributed by atoms with E-state index in [9.17, 15) is 18.0 Å². The van der Waals surface area contributed by atoms with Crippen molar-refractivity contribution in [2.24, 2.45) is 0 Å². The summed E-state index contributed by atoms with van der Waals surface area (Å²) < 4.78 is 40.7. The van der Waals surface area contributed by atoms with E-state index in [-0.39, 0.29) is 23.6 Å². The Labute approximate surface area is 172 Å². The molecule has 1 saturated carbocycles. The highest BCUT2D eigenvalue weighted by Crippen LogP contribution is 2.31. The first-order chi connectivity index (χ1) is 14.3. The second kappa shape index (κ2) is 8.01. The average molecular weight is 416 g/mol. The SMILES string of the molecule is CN(c1cccc2nc(C(F)(F)F)cn12)[C@H]1CC[C@@H](NC(=O)c2ccccc2)CC1. The number of carbonyl (C=O) groups excluding carboxylic acids is 1. The minimum Gasteiger partial charge on any atom is -0.358 e. The van der Waals surface area contributed by atoms with E-state index < -0.39 is 11.9 Å². The van der Waals surface area contributed by atoms with Gasteiger partial charge in [-0.3, -0.25) is 9.20 Å². The lowest BCUT2D eigenvalue weighted by Gasteiger charge is -2.36. The lowest BCUT2D eigenvalue weighted by molar-refractivity contribution is -0.140. The second-order valence-corrected chi connectivity index (χ2v) is 7.69. The summed E-state index contributed by atoms with van der Waals surface area (Å²) in [5, 5.41) is 3.09. The van der Waals surface area contributed by atoms with E-state index in [4.69, 9.17) is 0 Å². The molecule has 0 aliphatic heterocycles. The zero-order valence-corrected chi connectivity index (χ0v) is 16.6. The van der Waals surface area contributed by atoms with Crippen molar-refractivity contribution in [3.63, 3.8) is 0 Å². The van der Waals surface area contributed by atoms with Crippen LogP contribution in [-0.4, -0.2) is 34.4 Å². The number of fused-ring (bicyclic) bond motifs is 1. The molecule has 158 valence electrons. The predicted octanol–water partition coefficient (Wildman–Crippen LogP) is 4.53. The number of rotatable bonds is 4. The van der Waals surface area contributed by atoms with Gasteiger partial charge >= 0.3 is 6.18 Å². The number of halogens is 3. The molecule has 0 atom stereocenters. The third-order valence-corrected chi connectivity index (χ3v) is 5.74. The van der Waals surface area contributed by atoms with Crippen LogP contribution in [0.2, 0.25) is 0 Å². The van der Waals surface area contributed by atoms with Gasteiger partial charge in [-0.1, -0.05) is 24.3 Å². The summed E-state index contributed by atoms with van der Waals surface area (Å²) in [6.45, 7) is 0.